The predicted molar refractivity (Wildman–Crippen MR) is 64.2 cm³/mol. The molecule has 0 spiro atoms. The largest absolute Gasteiger partial charge is 0.477 e. The van der Waals surface area contributed by atoms with E-state index >= 15 is 0 Å². The van der Waals surface area contributed by atoms with Crippen LogP contribution in [-0.4, -0.2) is 24.5 Å². The minimum atomic E-state index is -3.75. The van der Waals surface area contributed by atoms with Crippen LogP contribution in [0.25, 0.3) is 0 Å². The molecule has 2 aromatic rings. The quantitative estimate of drug-likeness (QED) is 0.893. The molecule has 0 saturated heterocycles. The molecule has 0 aliphatic carbocycles. The number of aromatic carboxylic acids is 1. The Morgan fingerprint density at radius 3 is 2.71 bits per heavy atom. The number of hydrogen-bond donors (Lipinski definition) is 2. The topological polar surface area (TPSA) is 96.4 Å². The van der Waals surface area contributed by atoms with Crippen LogP contribution >= 0.6 is 22.7 Å². The molecule has 0 atom stereocenters. The summed E-state index contributed by atoms with van der Waals surface area (Å²) in [5.74, 6) is -1.15. The highest BCUT2D eigenvalue weighted by atomic mass is 32.2. The zero-order valence-electron chi connectivity index (χ0n) is 8.15. The summed E-state index contributed by atoms with van der Waals surface area (Å²) < 4.78 is 25.9. The van der Waals surface area contributed by atoms with Crippen molar-refractivity contribution in [3.05, 3.63) is 27.9 Å². The second kappa shape index (κ2) is 4.43. The number of aromatic nitrogens is 1. The Morgan fingerprint density at radius 2 is 2.18 bits per heavy atom. The monoisotopic (exact) mass is 290 g/mol. The summed E-state index contributed by atoms with van der Waals surface area (Å²) in [6.07, 6.45) is 1.47. The molecule has 17 heavy (non-hydrogen) atoms. The van der Waals surface area contributed by atoms with Gasteiger partial charge in [0.1, 0.15) is 4.88 Å². The van der Waals surface area contributed by atoms with E-state index in [9.17, 15) is 13.2 Å². The first kappa shape index (κ1) is 12.0. The summed E-state index contributed by atoms with van der Waals surface area (Å²) >= 11 is 2.00. The third-order valence-electron chi connectivity index (χ3n) is 1.75. The van der Waals surface area contributed by atoms with Gasteiger partial charge in [0.25, 0.3) is 10.0 Å². The number of thiazole rings is 1. The molecule has 0 aliphatic rings. The number of hydrogen-bond acceptors (Lipinski definition) is 6. The van der Waals surface area contributed by atoms with E-state index in [-0.39, 0.29) is 14.9 Å². The summed E-state index contributed by atoms with van der Waals surface area (Å²) in [6.45, 7) is 0. The highest BCUT2D eigenvalue weighted by Crippen LogP contribution is 2.22. The lowest BCUT2D eigenvalue weighted by atomic mass is 10.5. The molecule has 0 fully saturated rings. The zero-order chi connectivity index (χ0) is 12.5. The maximum absolute atomic E-state index is 11.8. The third kappa shape index (κ3) is 2.62. The lowest BCUT2D eigenvalue weighted by Crippen LogP contribution is -2.11. The molecule has 0 amide bonds. The fourth-order valence-electron chi connectivity index (χ4n) is 1.02. The van der Waals surface area contributed by atoms with Crippen LogP contribution in [0.2, 0.25) is 0 Å². The van der Waals surface area contributed by atoms with Gasteiger partial charge in [0, 0.05) is 17.0 Å². The second-order valence-corrected chi connectivity index (χ2v) is 6.38. The number of nitrogens with one attached hydrogen (secondary N) is 1. The van der Waals surface area contributed by atoms with E-state index in [1.807, 2.05) is 0 Å². The average Bonchev–Trinajstić information content (AvgIpc) is 2.84. The molecule has 90 valence electrons. The van der Waals surface area contributed by atoms with Crippen molar-refractivity contribution in [1.29, 1.82) is 0 Å². The molecule has 2 N–H and O–H groups in total. The Labute approximate surface area is 105 Å². The van der Waals surface area contributed by atoms with Gasteiger partial charge in [-0.25, -0.2) is 18.2 Å². The molecule has 0 bridgehead atoms. The summed E-state index contributed by atoms with van der Waals surface area (Å²) in [7, 11) is -3.75. The normalized spacial score (nSPS) is 11.3. The number of anilines is 1. The second-order valence-electron chi connectivity index (χ2n) is 2.89. The van der Waals surface area contributed by atoms with Gasteiger partial charge in [0.15, 0.2) is 5.13 Å². The summed E-state index contributed by atoms with van der Waals surface area (Å²) in [5.41, 5.74) is 0. The van der Waals surface area contributed by atoms with Crippen molar-refractivity contribution in [2.45, 2.75) is 4.90 Å². The van der Waals surface area contributed by atoms with Gasteiger partial charge in [0.2, 0.25) is 0 Å². The number of carboxylic acids is 1. The Morgan fingerprint density at radius 1 is 1.41 bits per heavy atom. The van der Waals surface area contributed by atoms with Crippen molar-refractivity contribution in [3.8, 4) is 0 Å². The number of thiophene rings is 1. The fourth-order valence-corrected chi connectivity index (χ4v) is 3.92. The van der Waals surface area contributed by atoms with Crippen LogP contribution in [0.3, 0.4) is 0 Å². The van der Waals surface area contributed by atoms with Crippen LogP contribution in [0.4, 0.5) is 5.13 Å². The van der Waals surface area contributed by atoms with E-state index < -0.39 is 16.0 Å². The SMILES string of the molecule is O=C(O)c1cc(S(=O)(=O)Nc2nccs2)cs1. The summed E-state index contributed by atoms with van der Waals surface area (Å²) in [6, 6.07) is 1.11. The smallest absolute Gasteiger partial charge is 0.345 e. The molecule has 6 nitrogen and oxygen atoms in total. The van der Waals surface area contributed by atoms with Crippen molar-refractivity contribution in [1.82, 2.24) is 4.98 Å². The maximum Gasteiger partial charge on any atom is 0.345 e. The molecular weight excluding hydrogens is 284 g/mol. The van der Waals surface area contributed by atoms with E-state index in [0.29, 0.717) is 0 Å². The van der Waals surface area contributed by atoms with E-state index in [2.05, 4.69) is 9.71 Å². The number of carboxylic acid groups (broad SMARTS) is 1. The predicted octanol–water partition coefficient (Wildman–Crippen LogP) is 1.70. The van der Waals surface area contributed by atoms with Gasteiger partial charge >= 0.3 is 5.97 Å². The highest BCUT2D eigenvalue weighted by Gasteiger charge is 2.19. The van der Waals surface area contributed by atoms with E-state index in [0.717, 1.165) is 28.7 Å². The van der Waals surface area contributed by atoms with Gasteiger partial charge in [-0.15, -0.1) is 22.7 Å². The van der Waals surface area contributed by atoms with Crippen LogP contribution in [0, 0.1) is 0 Å². The zero-order valence-corrected chi connectivity index (χ0v) is 10.6. The Hall–Kier alpha value is -1.45. The fraction of sp³-hybridized carbons (Fsp3) is 0. The third-order valence-corrected chi connectivity index (χ3v) is 4.95. The van der Waals surface area contributed by atoms with Crippen molar-refractivity contribution in [2.24, 2.45) is 0 Å². The van der Waals surface area contributed by atoms with E-state index in [1.165, 1.54) is 11.6 Å². The molecular formula is C8H6N2O4S3. The van der Waals surface area contributed by atoms with Gasteiger partial charge in [-0.1, -0.05) is 0 Å². The Balaban J connectivity index is 2.28. The van der Waals surface area contributed by atoms with Crippen molar-refractivity contribution < 1.29 is 18.3 Å². The lowest BCUT2D eigenvalue weighted by molar-refractivity contribution is 0.0702. The van der Waals surface area contributed by atoms with E-state index in [1.54, 1.807) is 5.38 Å². The molecule has 0 saturated carbocycles. The first-order valence-corrected chi connectivity index (χ1v) is 7.47. The maximum atomic E-state index is 11.8. The van der Waals surface area contributed by atoms with Crippen LogP contribution in [0.15, 0.2) is 27.9 Å². The van der Waals surface area contributed by atoms with Gasteiger partial charge in [-0.2, -0.15) is 0 Å². The molecule has 2 heterocycles. The van der Waals surface area contributed by atoms with Crippen LogP contribution in [0.1, 0.15) is 9.67 Å². The van der Waals surface area contributed by atoms with Gasteiger partial charge < -0.3 is 5.11 Å². The number of rotatable bonds is 4. The molecule has 0 unspecified atom stereocenters. The molecule has 0 radical (unpaired) electrons. The van der Waals surface area contributed by atoms with Gasteiger partial charge in [-0.3, -0.25) is 4.72 Å². The van der Waals surface area contributed by atoms with Gasteiger partial charge in [-0.05, 0) is 6.07 Å². The molecule has 0 aromatic carbocycles. The Bertz CT molecular complexity index is 630. The average molecular weight is 290 g/mol. The Kier molecular flexibility index (Phi) is 3.13. The summed E-state index contributed by atoms with van der Waals surface area (Å²) in [5, 5.41) is 11.9. The van der Waals surface area contributed by atoms with Crippen LogP contribution in [-0.2, 0) is 10.0 Å². The first-order valence-electron chi connectivity index (χ1n) is 4.23. The summed E-state index contributed by atoms with van der Waals surface area (Å²) in [4.78, 5) is 14.3. The standard InChI is InChI=1S/C8H6N2O4S3/c11-7(12)6-3-5(4-16-6)17(13,14)10-8-9-1-2-15-8/h1-4H,(H,9,10)(H,11,12). The van der Waals surface area contributed by atoms with Crippen LogP contribution in [0.5, 0.6) is 0 Å². The minimum Gasteiger partial charge on any atom is -0.477 e. The minimum absolute atomic E-state index is 0.0236. The number of nitrogens with zero attached hydrogens (tertiary/aromatic N) is 1. The number of carbonyl (C=O) groups is 1. The lowest BCUT2D eigenvalue weighted by Gasteiger charge is -2.01. The van der Waals surface area contributed by atoms with Gasteiger partial charge in [0.05, 0.1) is 4.90 Å². The number of sulfonamides is 1. The molecule has 2 aromatic heterocycles. The van der Waals surface area contributed by atoms with Crippen LogP contribution < -0.4 is 4.72 Å². The van der Waals surface area contributed by atoms with Crippen molar-refractivity contribution in [2.75, 3.05) is 4.72 Å². The van der Waals surface area contributed by atoms with E-state index in [4.69, 9.17) is 5.11 Å². The molecule has 9 heteroatoms. The molecule has 2 rings (SSSR count). The van der Waals surface area contributed by atoms with Crippen molar-refractivity contribution in [3.63, 3.8) is 0 Å². The van der Waals surface area contributed by atoms with Crippen molar-refractivity contribution >= 4 is 43.8 Å². The first-order chi connectivity index (χ1) is 7.99. The molecule has 0 aliphatic heterocycles. The highest BCUT2D eigenvalue weighted by molar-refractivity contribution is 7.93.